The first-order chi connectivity index (χ1) is 12.1. The summed E-state index contributed by atoms with van der Waals surface area (Å²) < 4.78 is 5.41. The van der Waals surface area contributed by atoms with E-state index in [1.807, 2.05) is 7.05 Å². The fourth-order valence-electron chi connectivity index (χ4n) is 3.04. The van der Waals surface area contributed by atoms with Crippen molar-refractivity contribution < 1.29 is 4.74 Å². The Kier molecular flexibility index (Phi) is 11.2. The lowest BCUT2D eigenvalue weighted by molar-refractivity contribution is 0.0320. The Morgan fingerprint density at radius 2 is 1.73 bits per heavy atom. The van der Waals surface area contributed by atoms with Crippen LogP contribution in [0.2, 0.25) is 0 Å². The highest BCUT2D eigenvalue weighted by Crippen LogP contribution is 2.14. The lowest BCUT2D eigenvalue weighted by Crippen LogP contribution is -2.44. The largest absolute Gasteiger partial charge is 0.379 e. The van der Waals surface area contributed by atoms with Gasteiger partial charge >= 0.3 is 0 Å². The smallest absolute Gasteiger partial charge is 0.191 e. The molecule has 0 radical (unpaired) electrons. The maximum absolute atomic E-state index is 5.41. The maximum Gasteiger partial charge on any atom is 0.191 e. The molecule has 1 saturated heterocycles. The van der Waals surface area contributed by atoms with Crippen molar-refractivity contribution in [3.63, 3.8) is 0 Å². The fourth-order valence-corrected chi connectivity index (χ4v) is 3.04. The number of nitrogens with one attached hydrogen (secondary N) is 2. The number of nitrogens with zero attached hydrogens (tertiary/aromatic N) is 2. The molecule has 0 spiro atoms. The molecule has 148 valence electrons. The van der Waals surface area contributed by atoms with E-state index in [9.17, 15) is 0 Å². The molecule has 2 unspecified atom stereocenters. The van der Waals surface area contributed by atoms with Gasteiger partial charge in [-0.1, -0.05) is 43.7 Å². The fraction of sp³-hybridized carbons (Fsp3) is 0.650. The van der Waals surface area contributed by atoms with Crippen LogP contribution in [-0.2, 0) is 4.74 Å². The van der Waals surface area contributed by atoms with E-state index in [4.69, 9.17) is 4.74 Å². The molecule has 0 aliphatic carbocycles. The van der Waals surface area contributed by atoms with Crippen molar-refractivity contribution in [2.24, 2.45) is 10.9 Å². The summed E-state index contributed by atoms with van der Waals surface area (Å²) in [6, 6.07) is 8.77. The lowest BCUT2D eigenvalue weighted by Gasteiger charge is -2.29. The SMILES string of the molecule is CN=C(NCC(C)CN1CCOCC1)NCC(C)c1ccc(C)cc1.I. The zero-order chi connectivity index (χ0) is 18.1. The van der Waals surface area contributed by atoms with E-state index in [0.29, 0.717) is 11.8 Å². The van der Waals surface area contributed by atoms with Gasteiger partial charge in [-0.05, 0) is 24.3 Å². The number of guanidine groups is 1. The molecule has 1 aliphatic rings. The molecule has 0 bridgehead atoms. The summed E-state index contributed by atoms with van der Waals surface area (Å²) in [6.45, 7) is 13.4. The van der Waals surface area contributed by atoms with Crippen LogP contribution < -0.4 is 10.6 Å². The highest BCUT2D eigenvalue weighted by molar-refractivity contribution is 14.0. The number of halogens is 1. The Morgan fingerprint density at radius 3 is 2.35 bits per heavy atom. The summed E-state index contributed by atoms with van der Waals surface area (Å²) in [5.74, 6) is 1.91. The summed E-state index contributed by atoms with van der Waals surface area (Å²) in [5.41, 5.74) is 2.66. The topological polar surface area (TPSA) is 48.9 Å². The zero-order valence-corrected chi connectivity index (χ0v) is 19.0. The number of rotatable bonds is 7. The molecule has 26 heavy (non-hydrogen) atoms. The number of aliphatic imine (C=N–C) groups is 1. The summed E-state index contributed by atoms with van der Waals surface area (Å²) in [7, 11) is 1.83. The predicted molar refractivity (Wildman–Crippen MR) is 121 cm³/mol. The molecular weight excluding hydrogens is 439 g/mol. The van der Waals surface area contributed by atoms with Crippen molar-refractivity contribution in [1.29, 1.82) is 0 Å². The second-order valence-corrected chi connectivity index (χ2v) is 7.16. The van der Waals surface area contributed by atoms with Crippen LogP contribution in [0.1, 0.15) is 30.9 Å². The van der Waals surface area contributed by atoms with Crippen molar-refractivity contribution in [2.75, 3.05) is 53.0 Å². The number of morpholine rings is 1. The van der Waals surface area contributed by atoms with Gasteiger partial charge in [0.25, 0.3) is 0 Å². The van der Waals surface area contributed by atoms with Gasteiger partial charge in [-0.3, -0.25) is 9.89 Å². The molecule has 1 fully saturated rings. The van der Waals surface area contributed by atoms with Crippen LogP contribution in [-0.4, -0.2) is 63.8 Å². The molecule has 1 aromatic rings. The second kappa shape index (κ2) is 12.5. The third-order valence-corrected chi connectivity index (χ3v) is 4.74. The number of ether oxygens (including phenoxy) is 1. The summed E-state index contributed by atoms with van der Waals surface area (Å²) in [6.07, 6.45) is 0. The number of aryl methyl sites for hydroxylation is 1. The standard InChI is InChI=1S/C20H34N4O.HI/c1-16-5-7-19(8-6-16)18(3)14-23-20(21-4)22-13-17(2)15-24-9-11-25-12-10-24;/h5-8,17-18H,9-15H2,1-4H3,(H2,21,22,23);1H. The van der Waals surface area contributed by atoms with Gasteiger partial charge in [0.1, 0.15) is 0 Å². The van der Waals surface area contributed by atoms with Gasteiger partial charge in [0.15, 0.2) is 5.96 Å². The normalized spacial score (nSPS) is 17.9. The zero-order valence-electron chi connectivity index (χ0n) is 16.6. The van der Waals surface area contributed by atoms with Gasteiger partial charge in [-0.25, -0.2) is 0 Å². The van der Waals surface area contributed by atoms with Gasteiger partial charge in [0, 0.05) is 39.8 Å². The average molecular weight is 474 g/mol. The molecule has 1 aromatic carbocycles. The molecule has 6 heteroatoms. The van der Waals surface area contributed by atoms with Gasteiger partial charge < -0.3 is 15.4 Å². The second-order valence-electron chi connectivity index (χ2n) is 7.16. The Morgan fingerprint density at radius 1 is 1.12 bits per heavy atom. The van der Waals surface area contributed by atoms with Crippen molar-refractivity contribution in [2.45, 2.75) is 26.7 Å². The number of benzene rings is 1. The molecule has 2 rings (SSSR count). The number of hydrogen-bond donors (Lipinski definition) is 2. The van der Waals surface area contributed by atoms with Crippen LogP contribution in [0.25, 0.3) is 0 Å². The van der Waals surface area contributed by atoms with Crippen molar-refractivity contribution in [3.8, 4) is 0 Å². The third-order valence-electron chi connectivity index (χ3n) is 4.74. The van der Waals surface area contributed by atoms with Crippen LogP contribution in [0.15, 0.2) is 29.3 Å². The van der Waals surface area contributed by atoms with Gasteiger partial charge in [0.05, 0.1) is 13.2 Å². The van der Waals surface area contributed by atoms with E-state index in [2.05, 4.69) is 65.6 Å². The highest BCUT2D eigenvalue weighted by Gasteiger charge is 2.14. The number of hydrogen-bond acceptors (Lipinski definition) is 3. The van der Waals surface area contributed by atoms with Crippen molar-refractivity contribution >= 4 is 29.9 Å². The molecule has 5 nitrogen and oxygen atoms in total. The Hall–Kier alpha value is -0.860. The van der Waals surface area contributed by atoms with E-state index >= 15 is 0 Å². The Balaban J connectivity index is 0.00000338. The van der Waals surface area contributed by atoms with Crippen LogP contribution in [0, 0.1) is 12.8 Å². The van der Waals surface area contributed by atoms with Crippen molar-refractivity contribution in [1.82, 2.24) is 15.5 Å². The van der Waals surface area contributed by atoms with Crippen molar-refractivity contribution in [3.05, 3.63) is 35.4 Å². The first-order valence-corrected chi connectivity index (χ1v) is 9.39. The lowest BCUT2D eigenvalue weighted by atomic mass is 10.0. The molecule has 0 amide bonds. The molecule has 1 aliphatic heterocycles. The Bertz CT molecular complexity index is 529. The van der Waals surface area contributed by atoms with Crippen LogP contribution >= 0.6 is 24.0 Å². The minimum atomic E-state index is 0. The van der Waals surface area contributed by atoms with Crippen LogP contribution in [0.4, 0.5) is 0 Å². The van der Waals surface area contributed by atoms with Gasteiger partial charge in [-0.15, -0.1) is 24.0 Å². The van der Waals surface area contributed by atoms with Crippen LogP contribution in [0.5, 0.6) is 0 Å². The van der Waals surface area contributed by atoms with E-state index in [1.165, 1.54) is 11.1 Å². The molecular formula is C20H35IN4O. The molecule has 0 aromatic heterocycles. The third kappa shape index (κ3) is 8.22. The minimum absolute atomic E-state index is 0. The van der Waals surface area contributed by atoms with E-state index in [1.54, 1.807) is 0 Å². The average Bonchev–Trinajstić information content (AvgIpc) is 2.63. The summed E-state index contributed by atoms with van der Waals surface area (Å²) in [5, 5.41) is 6.90. The quantitative estimate of drug-likeness (QED) is 0.363. The molecule has 1 heterocycles. The molecule has 0 saturated carbocycles. The Labute approximate surface area is 176 Å². The van der Waals surface area contributed by atoms with E-state index in [0.717, 1.165) is 51.9 Å². The maximum atomic E-state index is 5.41. The predicted octanol–water partition coefficient (Wildman–Crippen LogP) is 2.85. The van der Waals surface area contributed by atoms with E-state index < -0.39 is 0 Å². The first-order valence-electron chi connectivity index (χ1n) is 9.39. The molecule has 2 atom stereocenters. The summed E-state index contributed by atoms with van der Waals surface area (Å²) >= 11 is 0. The first kappa shape index (κ1) is 23.2. The minimum Gasteiger partial charge on any atom is -0.379 e. The van der Waals surface area contributed by atoms with Gasteiger partial charge in [0.2, 0.25) is 0 Å². The molecule has 2 N–H and O–H groups in total. The highest BCUT2D eigenvalue weighted by atomic mass is 127. The van der Waals surface area contributed by atoms with Gasteiger partial charge in [-0.2, -0.15) is 0 Å². The summed E-state index contributed by atoms with van der Waals surface area (Å²) in [4.78, 5) is 6.83. The monoisotopic (exact) mass is 474 g/mol. The van der Waals surface area contributed by atoms with E-state index in [-0.39, 0.29) is 24.0 Å². The van der Waals surface area contributed by atoms with Crippen LogP contribution in [0.3, 0.4) is 0 Å².